The molecule has 1 saturated heterocycles. The standard InChI is InChI=1S/C17H20ClFN4O3S/c1-27(25,26)23-6-4-12(5-7-23)17(24)21-15-9-20-22(11-15)10-13-2-3-14(19)8-16(13)18/h2-3,8-9,11-12H,4-7,10H2,1H3,(H,21,24). The summed E-state index contributed by atoms with van der Waals surface area (Å²) in [7, 11) is -3.21. The van der Waals surface area contributed by atoms with Gasteiger partial charge in [0, 0.05) is 30.2 Å². The Balaban J connectivity index is 1.57. The molecule has 10 heteroatoms. The molecule has 1 fully saturated rings. The third kappa shape index (κ3) is 5.06. The van der Waals surface area contributed by atoms with Crippen LogP contribution in [0.1, 0.15) is 18.4 Å². The second kappa shape index (κ2) is 7.95. The average Bonchev–Trinajstić information content (AvgIpc) is 3.04. The van der Waals surface area contributed by atoms with Crippen molar-refractivity contribution in [2.24, 2.45) is 5.92 Å². The highest BCUT2D eigenvalue weighted by atomic mass is 35.5. The molecule has 1 amide bonds. The van der Waals surface area contributed by atoms with E-state index in [1.807, 2.05) is 0 Å². The number of nitrogens with one attached hydrogen (secondary N) is 1. The van der Waals surface area contributed by atoms with Crippen LogP contribution in [0.3, 0.4) is 0 Å². The van der Waals surface area contributed by atoms with Crippen molar-refractivity contribution in [2.45, 2.75) is 19.4 Å². The lowest BCUT2D eigenvalue weighted by Gasteiger charge is -2.29. The van der Waals surface area contributed by atoms with E-state index in [4.69, 9.17) is 11.6 Å². The van der Waals surface area contributed by atoms with Gasteiger partial charge in [0.2, 0.25) is 15.9 Å². The number of benzene rings is 1. The summed E-state index contributed by atoms with van der Waals surface area (Å²) in [6, 6.07) is 4.16. The quantitative estimate of drug-likeness (QED) is 0.813. The molecular formula is C17H20ClFN4O3S. The second-order valence-corrected chi connectivity index (χ2v) is 8.98. The van der Waals surface area contributed by atoms with Crippen molar-refractivity contribution in [1.82, 2.24) is 14.1 Å². The van der Waals surface area contributed by atoms with E-state index in [2.05, 4.69) is 10.4 Å². The van der Waals surface area contributed by atoms with Crippen molar-refractivity contribution in [3.63, 3.8) is 0 Å². The van der Waals surface area contributed by atoms with Crippen LogP contribution in [0.2, 0.25) is 5.02 Å². The van der Waals surface area contributed by atoms with Crippen LogP contribution in [0, 0.1) is 11.7 Å². The van der Waals surface area contributed by atoms with Crippen molar-refractivity contribution < 1.29 is 17.6 Å². The van der Waals surface area contributed by atoms with E-state index in [1.165, 1.54) is 28.9 Å². The summed E-state index contributed by atoms with van der Waals surface area (Å²) in [5.74, 6) is -0.792. The van der Waals surface area contributed by atoms with Gasteiger partial charge in [-0.05, 0) is 30.5 Å². The maximum atomic E-state index is 13.1. The van der Waals surface area contributed by atoms with Gasteiger partial charge in [-0.1, -0.05) is 17.7 Å². The third-order valence-electron chi connectivity index (χ3n) is 4.54. The van der Waals surface area contributed by atoms with Crippen molar-refractivity contribution in [2.75, 3.05) is 24.7 Å². The zero-order valence-corrected chi connectivity index (χ0v) is 16.3. The number of anilines is 1. The molecule has 27 heavy (non-hydrogen) atoms. The Morgan fingerprint density at radius 2 is 2.07 bits per heavy atom. The summed E-state index contributed by atoms with van der Waals surface area (Å²) in [6.07, 6.45) is 5.34. The molecule has 3 rings (SSSR count). The molecule has 2 aromatic rings. The molecule has 7 nitrogen and oxygen atoms in total. The van der Waals surface area contributed by atoms with Crippen LogP contribution in [-0.4, -0.2) is 47.8 Å². The molecule has 0 radical (unpaired) electrons. The molecule has 0 spiro atoms. The fourth-order valence-electron chi connectivity index (χ4n) is 3.03. The van der Waals surface area contributed by atoms with E-state index in [1.54, 1.807) is 16.9 Å². The van der Waals surface area contributed by atoms with Crippen LogP contribution >= 0.6 is 11.6 Å². The molecule has 0 bridgehead atoms. The van der Waals surface area contributed by atoms with Gasteiger partial charge in [0.25, 0.3) is 0 Å². The number of carbonyl (C=O) groups excluding carboxylic acids is 1. The van der Waals surface area contributed by atoms with E-state index in [0.29, 0.717) is 48.7 Å². The predicted molar refractivity (Wildman–Crippen MR) is 101 cm³/mol. The van der Waals surface area contributed by atoms with E-state index < -0.39 is 15.8 Å². The first-order chi connectivity index (χ1) is 12.7. The summed E-state index contributed by atoms with van der Waals surface area (Å²) in [4.78, 5) is 12.4. The smallest absolute Gasteiger partial charge is 0.227 e. The van der Waals surface area contributed by atoms with Crippen molar-refractivity contribution in [3.05, 3.63) is 47.0 Å². The Labute approximate surface area is 162 Å². The number of aromatic nitrogens is 2. The number of halogens is 2. The molecule has 0 aliphatic carbocycles. The first-order valence-electron chi connectivity index (χ1n) is 8.45. The lowest BCUT2D eigenvalue weighted by molar-refractivity contribution is -0.120. The Morgan fingerprint density at radius 3 is 2.70 bits per heavy atom. The lowest BCUT2D eigenvalue weighted by atomic mass is 9.97. The van der Waals surface area contributed by atoms with E-state index in [0.717, 1.165) is 0 Å². The number of sulfonamides is 1. The van der Waals surface area contributed by atoms with Crippen LogP contribution in [0.4, 0.5) is 10.1 Å². The van der Waals surface area contributed by atoms with Crippen LogP contribution < -0.4 is 5.32 Å². The molecule has 1 aromatic carbocycles. The van der Waals surface area contributed by atoms with Gasteiger partial charge in [-0.25, -0.2) is 17.1 Å². The van der Waals surface area contributed by atoms with Crippen LogP contribution in [0.25, 0.3) is 0 Å². The number of carbonyl (C=O) groups is 1. The highest BCUT2D eigenvalue weighted by molar-refractivity contribution is 7.88. The lowest BCUT2D eigenvalue weighted by Crippen LogP contribution is -2.40. The Morgan fingerprint density at radius 1 is 1.37 bits per heavy atom. The normalized spacial score (nSPS) is 16.4. The second-order valence-electron chi connectivity index (χ2n) is 6.59. The van der Waals surface area contributed by atoms with Gasteiger partial charge in [-0.2, -0.15) is 5.10 Å². The molecular weight excluding hydrogens is 395 g/mol. The minimum Gasteiger partial charge on any atom is -0.323 e. The summed E-state index contributed by atoms with van der Waals surface area (Å²) in [5.41, 5.74) is 1.26. The predicted octanol–water partition coefficient (Wildman–Crippen LogP) is 2.33. The fourth-order valence-corrected chi connectivity index (χ4v) is 4.13. The van der Waals surface area contributed by atoms with E-state index >= 15 is 0 Å². The van der Waals surface area contributed by atoms with Gasteiger partial charge < -0.3 is 5.32 Å². The third-order valence-corrected chi connectivity index (χ3v) is 6.20. The summed E-state index contributed by atoms with van der Waals surface area (Å²) in [6.45, 7) is 1.04. The van der Waals surface area contributed by atoms with E-state index in [-0.39, 0.29) is 11.8 Å². The van der Waals surface area contributed by atoms with Crippen molar-refractivity contribution >= 4 is 33.2 Å². The molecule has 2 heterocycles. The molecule has 1 aliphatic rings. The van der Waals surface area contributed by atoms with Crippen molar-refractivity contribution in [3.8, 4) is 0 Å². The summed E-state index contributed by atoms with van der Waals surface area (Å²) < 4.78 is 39.2. The molecule has 1 aromatic heterocycles. The zero-order valence-electron chi connectivity index (χ0n) is 14.7. The van der Waals surface area contributed by atoms with Gasteiger partial charge in [0.15, 0.2) is 0 Å². The number of nitrogens with zero attached hydrogens (tertiary/aromatic N) is 3. The summed E-state index contributed by atoms with van der Waals surface area (Å²) in [5, 5.41) is 7.31. The van der Waals surface area contributed by atoms with Gasteiger partial charge in [0.05, 0.1) is 24.7 Å². The Hall–Kier alpha value is -1.97. The monoisotopic (exact) mass is 414 g/mol. The minimum absolute atomic E-state index is 0.150. The van der Waals surface area contributed by atoms with Gasteiger partial charge in [-0.15, -0.1) is 0 Å². The maximum Gasteiger partial charge on any atom is 0.227 e. The topological polar surface area (TPSA) is 84.3 Å². The minimum atomic E-state index is -3.21. The zero-order chi connectivity index (χ0) is 19.6. The van der Waals surface area contributed by atoms with Crippen LogP contribution in [0.15, 0.2) is 30.6 Å². The first-order valence-corrected chi connectivity index (χ1v) is 10.7. The molecule has 1 N–H and O–H groups in total. The van der Waals surface area contributed by atoms with Crippen molar-refractivity contribution in [1.29, 1.82) is 0 Å². The van der Waals surface area contributed by atoms with Crippen LogP contribution in [0.5, 0.6) is 0 Å². The molecule has 0 atom stereocenters. The van der Waals surface area contributed by atoms with E-state index in [9.17, 15) is 17.6 Å². The molecule has 0 saturated carbocycles. The largest absolute Gasteiger partial charge is 0.323 e. The molecule has 0 unspecified atom stereocenters. The molecule has 1 aliphatic heterocycles. The Bertz CT molecular complexity index is 939. The number of rotatable bonds is 5. The van der Waals surface area contributed by atoms with Crippen LogP contribution in [-0.2, 0) is 21.4 Å². The van der Waals surface area contributed by atoms with Gasteiger partial charge in [-0.3, -0.25) is 9.48 Å². The highest BCUT2D eigenvalue weighted by Crippen LogP contribution is 2.22. The number of piperidine rings is 1. The number of hydrogen-bond donors (Lipinski definition) is 1. The molecule has 146 valence electrons. The van der Waals surface area contributed by atoms with Gasteiger partial charge >= 0.3 is 0 Å². The van der Waals surface area contributed by atoms with Gasteiger partial charge in [0.1, 0.15) is 5.82 Å². The first kappa shape index (κ1) is 19.8. The highest BCUT2D eigenvalue weighted by Gasteiger charge is 2.29. The summed E-state index contributed by atoms with van der Waals surface area (Å²) >= 11 is 6.02. The SMILES string of the molecule is CS(=O)(=O)N1CCC(C(=O)Nc2cnn(Cc3ccc(F)cc3Cl)c2)CC1. The fraction of sp³-hybridized carbons (Fsp3) is 0.412. The number of amides is 1. The Kier molecular flexibility index (Phi) is 5.83. The average molecular weight is 415 g/mol. The maximum absolute atomic E-state index is 13.1. The number of hydrogen-bond acceptors (Lipinski definition) is 4.